The Morgan fingerprint density at radius 2 is 1.88 bits per heavy atom. The van der Waals surface area contributed by atoms with E-state index in [-0.39, 0.29) is 0 Å². The maximum Gasteiger partial charge on any atom is 0.00955 e. The lowest BCUT2D eigenvalue weighted by Crippen LogP contribution is -2.35. The average molecular weight is 237 g/mol. The first-order chi connectivity index (χ1) is 8.22. The first-order valence-corrected chi connectivity index (χ1v) is 7.95. The van der Waals surface area contributed by atoms with E-state index in [2.05, 4.69) is 26.1 Å². The molecular formula is C16H31N. The Labute approximate surface area is 108 Å². The molecule has 2 aliphatic carbocycles. The van der Waals surface area contributed by atoms with Gasteiger partial charge in [-0.3, -0.25) is 0 Å². The van der Waals surface area contributed by atoms with Crippen molar-refractivity contribution in [1.29, 1.82) is 0 Å². The van der Waals surface area contributed by atoms with Crippen LogP contribution in [0, 0.1) is 23.7 Å². The van der Waals surface area contributed by atoms with Gasteiger partial charge in [-0.15, -0.1) is 0 Å². The van der Waals surface area contributed by atoms with Crippen molar-refractivity contribution < 1.29 is 0 Å². The molecule has 0 spiro atoms. The molecule has 5 atom stereocenters. The zero-order valence-corrected chi connectivity index (χ0v) is 12.0. The third-order valence-electron chi connectivity index (χ3n) is 5.36. The van der Waals surface area contributed by atoms with E-state index in [4.69, 9.17) is 0 Å². The van der Waals surface area contributed by atoms with E-state index in [9.17, 15) is 0 Å². The van der Waals surface area contributed by atoms with Crippen LogP contribution in [0.4, 0.5) is 0 Å². The van der Waals surface area contributed by atoms with Crippen molar-refractivity contribution in [3.63, 3.8) is 0 Å². The molecule has 2 aliphatic rings. The molecule has 0 aromatic rings. The lowest BCUT2D eigenvalue weighted by atomic mass is 9.72. The zero-order valence-electron chi connectivity index (χ0n) is 12.0. The molecule has 0 aromatic heterocycles. The van der Waals surface area contributed by atoms with Crippen LogP contribution in [0.2, 0.25) is 0 Å². The summed E-state index contributed by atoms with van der Waals surface area (Å²) in [5.74, 6) is 3.97. The summed E-state index contributed by atoms with van der Waals surface area (Å²) in [7, 11) is 0. The Morgan fingerprint density at radius 1 is 1.06 bits per heavy atom. The first kappa shape index (κ1) is 13.4. The van der Waals surface area contributed by atoms with E-state index >= 15 is 0 Å². The highest BCUT2D eigenvalue weighted by Gasteiger charge is 2.38. The van der Waals surface area contributed by atoms with Gasteiger partial charge in [0.15, 0.2) is 0 Å². The van der Waals surface area contributed by atoms with Crippen molar-refractivity contribution in [3.8, 4) is 0 Å². The molecule has 0 aliphatic heterocycles. The lowest BCUT2D eigenvalue weighted by Gasteiger charge is -2.34. The van der Waals surface area contributed by atoms with Gasteiger partial charge < -0.3 is 5.32 Å². The Bertz CT molecular complexity index is 226. The Kier molecular flexibility index (Phi) is 4.90. The molecule has 100 valence electrons. The molecule has 0 heterocycles. The summed E-state index contributed by atoms with van der Waals surface area (Å²) >= 11 is 0. The molecule has 2 saturated carbocycles. The minimum Gasteiger partial charge on any atom is -0.314 e. The normalized spacial score (nSPS) is 42.9. The lowest BCUT2D eigenvalue weighted by molar-refractivity contribution is 0.169. The van der Waals surface area contributed by atoms with Crippen molar-refractivity contribution >= 4 is 0 Å². The zero-order chi connectivity index (χ0) is 12.3. The summed E-state index contributed by atoms with van der Waals surface area (Å²) in [6.07, 6.45) is 10.2. The van der Waals surface area contributed by atoms with Crippen molar-refractivity contribution in [2.45, 2.75) is 71.8 Å². The molecule has 17 heavy (non-hydrogen) atoms. The summed E-state index contributed by atoms with van der Waals surface area (Å²) in [6.45, 7) is 8.44. The predicted molar refractivity (Wildman–Crippen MR) is 75.1 cm³/mol. The molecule has 0 aromatic carbocycles. The topological polar surface area (TPSA) is 12.0 Å². The summed E-state index contributed by atoms with van der Waals surface area (Å²) < 4.78 is 0. The summed E-state index contributed by atoms with van der Waals surface area (Å²) in [5, 5.41) is 3.76. The Balaban J connectivity index is 1.85. The fraction of sp³-hybridized carbons (Fsp3) is 1.00. The van der Waals surface area contributed by atoms with Crippen LogP contribution < -0.4 is 5.32 Å². The van der Waals surface area contributed by atoms with Crippen LogP contribution in [0.3, 0.4) is 0 Å². The van der Waals surface area contributed by atoms with Gasteiger partial charge >= 0.3 is 0 Å². The fourth-order valence-corrected chi connectivity index (χ4v) is 4.35. The van der Waals surface area contributed by atoms with Crippen LogP contribution in [-0.2, 0) is 0 Å². The van der Waals surface area contributed by atoms with Gasteiger partial charge in [0.05, 0.1) is 0 Å². The second kappa shape index (κ2) is 6.22. The van der Waals surface area contributed by atoms with Crippen molar-refractivity contribution in [2.75, 3.05) is 6.54 Å². The predicted octanol–water partition coefficient (Wildman–Crippen LogP) is 4.23. The van der Waals surface area contributed by atoms with E-state index in [0.29, 0.717) is 0 Å². The standard InChI is InChI=1S/C16H31N/c1-4-10-17-16-9-8-15(13(16)3)14-7-5-6-12(2)11-14/h12-17H,4-11H2,1-3H3. The van der Waals surface area contributed by atoms with Gasteiger partial charge in [0.25, 0.3) is 0 Å². The van der Waals surface area contributed by atoms with E-state index in [1.165, 1.54) is 51.5 Å². The fourth-order valence-electron chi connectivity index (χ4n) is 4.35. The quantitative estimate of drug-likeness (QED) is 0.771. The number of nitrogens with one attached hydrogen (secondary N) is 1. The Hall–Kier alpha value is -0.0400. The maximum atomic E-state index is 3.76. The monoisotopic (exact) mass is 237 g/mol. The molecule has 5 unspecified atom stereocenters. The molecule has 0 saturated heterocycles. The first-order valence-electron chi connectivity index (χ1n) is 7.95. The summed E-state index contributed by atoms with van der Waals surface area (Å²) in [4.78, 5) is 0. The van der Waals surface area contributed by atoms with Gasteiger partial charge in [-0.25, -0.2) is 0 Å². The minimum atomic E-state index is 0.817. The highest BCUT2D eigenvalue weighted by molar-refractivity contribution is 4.91. The van der Waals surface area contributed by atoms with Gasteiger partial charge in [0.1, 0.15) is 0 Å². The van der Waals surface area contributed by atoms with Gasteiger partial charge in [-0.1, -0.05) is 40.0 Å². The van der Waals surface area contributed by atoms with Crippen LogP contribution in [0.5, 0.6) is 0 Å². The summed E-state index contributed by atoms with van der Waals surface area (Å²) in [5.41, 5.74) is 0. The van der Waals surface area contributed by atoms with E-state index in [0.717, 1.165) is 29.7 Å². The largest absolute Gasteiger partial charge is 0.314 e. The number of rotatable bonds is 4. The Morgan fingerprint density at radius 3 is 2.59 bits per heavy atom. The van der Waals surface area contributed by atoms with Crippen molar-refractivity contribution in [2.24, 2.45) is 23.7 Å². The van der Waals surface area contributed by atoms with E-state index in [1.54, 1.807) is 0 Å². The molecule has 1 nitrogen and oxygen atoms in total. The third-order valence-corrected chi connectivity index (χ3v) is 5.36. The van der Waals surface area contributed by atoms with Gasteiger partial charge in [0.2, 0.25) is 0 Å². The van der Waals surface area contributed by atoms with Gasteiger partial charge in [0, 0.05) is 6.04 Å². The second-order valence-corrected chi connectivity index (χ2v) is 6.69. The van der Waals surface area contributed by atoms with Crippen LogP contribution in [0.25, 0.3) is 0 Å². The molecule has 0 amide bonds. The van der Waals surface area contributed by atoms with Crippen LogP contribution in [0.15, 0.2) is 0 Å². The molecule has 0 bridgehead atoms. The average Bonchev–Trinajstić information content (AvgIpc) is 2.68. The molecule has 1 N–H and O–H groups in total. The van der Waals surface area contributed by atoms with E-state index in [1.807, 2.05) is 0 Å². The second-order valence-electron chi connectivity index (χ2n) is 6.69. The number of hydrogen-bond donors (Lipinski definition) is 1. The van der Waals surface area contributed by atoms with E-state index < -0.39 is 0 Å². The smallest absolute Gasteiger partial charge is 0.00955 e. The minimum absolute atomic E-state index is 0.817. The molecule has 0 radical (unpaired) electrons. The van der Waals surface area contributed by atoms with Crippen LogP contribution in [0.1, 0.15) is 65.7 Å². The highest BCUT2D eigenvalue weighted by atomic mass is 14.9. The molecule has 2 rings (SSSR count). The molecular weight excluding hydrogens is 206 g/mol. The third kappa shape index (κ3) is 3.24. The molecule has 2 fully saturated rings. The molecule has 1 heteroatoms. The van der Waals surface area contributed by atoms with Crippen LogP contribution >= 0.6 is 0 Å². The maximum absolute atomic E-state index is 3.76. The highest BCUT2D eigenvalue weighted by Crippen LogP contribution is 2.44. The van der Waals surface area contributed by atoms with Gasteiger partial charge in [-0.2, -0.15) is 0 Å². The van der Waals surface area contributed by atoms with Crippen LogP contribution in [-0.4, -0.2) is 12.6 Å². The number of hydrogen-bond acceptors (Lipinski definition) is 1. The van der Waals surface area contributed by atoms with Crippen molar-refractivity contribution in [3.05, 3.63) is 0 Å². The summed E-state index contributed by atoms with van der Waals surface area (Å²) in [6, 6.07) is 0.817. The van der Waals surface area contributed by atoms with Gasteiger partial charge in [-0.05, 0) is 55.9 Å². The van der Waals surface area contributed by atoms with Crippen molar-refractivity contribution in [1.82, 2.24) is 5.32 Å². The SMILES string of the molecule is CCCNC1CCC(C2CCCC(C)C2)C1C.